The molecule has 1 rings (SSSR count). The highest BCUT2D eigenvalue weighted by Gasteiger charge is 2.14. The number of nitrogens with zero attached hydrogens (tertiary/aromatic N) is 1. The molecule has 4 nitrogen and oxygen atoms in total. The first-order valence-electron chi connectivity index (χ1n) is 6.34. The maximum absolute atomic E-state index is 12.1. The van der Waals surface area contributed by atoms with Crippen molar-refractivity contribution in [1.29, 1.82) is 0 Å². The van der Waals surface area contributed by atoms with E-state index in [2.05, 4.69) is 0 Å². The molecule has 0 heterocycles. The highest BCUT2D eigenvalue weighted by molar-refractivity contribution is 5.94. The van der Waals surface area contributed by atoms with Crippen molar-refractivity contribution in [3.8, 4) is 0 Å². The fourth-order valence-electron chi connectivity index (χ4n) is 1.64. The number of rotatable bonds is 7. The first-order chi connectivity index (χ1) is 8.69. The van der Waals surface area contributed by atoms with Crippen LogP contribution in [0.2, 0.25) is 0 Å². The lowest BCUT2D eigenvalue weighted by Crippen LogP contribution is -2.35. The van der Waals surface area contributed by atoms with E-state index in [0.717, 1.165) is 12.1 Å². The Morgan fingerprint density at radius 3 is 2.56 bits per heavy atom. The summed E-state index contributed by atoms with van der Waals surface area (Å²) in [7, 11) is 0. The molecule has 0 bridgehead atoms. The molecule has 4 heteroatoms. The van der Waals surface area contributed by atoms with E-state index in [1.165, 1.54) is 5.56 Å². The summed E-state index contributed by atoms with van der Waals surface area (Å²) < 4.78 is 5.18. The van der Waals surface area contributed by atoms with Crippen LogP contribution < -0.4 is 10.6 Å². The zero-order valence-corrected chi connectivity index (χ0v) is 11.2. The summed E-state index contributed by atoms with van der Waals surface area (Å²) in [5, 5.41) is 0. The fourth-order valence-corrected chi connectivity index (χ4v) is 1.64. The summed E-state index contributed by atoms with van der Waals surface area (Å²) in [6, 6.07) is 7.91. The second kappa shape index (κ2) is 7.84. The van der Waals surface area contributed by atoms with Crippen molar-refractivity contribution < 1.29 is 9.53 Å². The zero-order valence-electron chi connectivity index (χ0n) is 11.2. The van der Waals surface area contributed by atoms with Crippen molar-refractivity contribution in [2.45, 2.75) is 20.3 Å². The summed E-state index contributed by atoms with van der Waals surface area (Å²) in [6.07, 6.45) is 0.783. The van der Waals surface area contributed by atoms with E-state index >= 15 is 0 Å². The summed E-state index contributed by atoms with van der Waals surface area (Å²) in [6.45, 7) is 5.77. The van der Waals surface area contributed by atoms with Crippen LogP contribution in [0.4, 0.5) is 5.69 Å². The van der Waals surface area contributed by atoms with Crippen LogP contribution in [0.5, 0.6) is 0 Å². The highest BCUT2D eigenvalue weighted by Crippen LogP contribution is 2.15. The Morgan fingerprint density at radius 2 is 2.00 bits per heavy atom. The number of carbonyl (C=O) groups excluding carboxylic acids is 1. The molecule has 1 aromatic rings. The van der Waals surface area contributed by atoms with Crippen LogP contribution in [0, 0.1) is 6.92 Å². The lowest BCUT2D eigenvalue weighted by Gasteiger charge is -2.22. The van der Waals surface area contributed by atoms with Crippen LogP contribution in [-0.2, 0) is 9.53 Å². The largest absolute Gasteiger partial charge is 0.372 e. The molecule has 0 aliphatic carbocycles. The van der Waals surface area contributed by atoms with Crippen molar-refractivity contribution in [1.82, 2.24) is 0 Å². The Balaban J connectivity index is 2.76. The SMILES string of the molecule is CCOCC(=O)N(CCCN)c1ccc(C)cc1. The molecule has 0 saturated heterocycles. The number of carbonyl (C=O) groups is 1. The molecule has 18 heavy (non-hydrogen) atoms. The van der Waals surface area contributed by atoms with E-state index < -0.39 is 0 Å². The highest BCUT2D eigenvalue weighted by atomic mass is 16.5. The lowest BCUT2D eigenvalue weighted by atomic mass is 10.2. The molecular formula is C14H22N2O2. The number of nitrogens with two attached hydrogens (primary N) is 1. The summed E-state index contributed by atoms with van der Waals surface area (Å²) in [4.78, 5) is 13.8. The maximum atomic E-state index is 12.1. The van der Waals surface area contributed by atoms with E-state index in [1.54, 1.807) is 4.90 Å². The van der Waals surface area contributed by atoms with Crippen LogP contribution in [0.25, 0.3) is 0 Å². The molecule has 0 atom stereocenters. The smallest absolute Gasteiger partial charge is 0.252 e. The first kappa shape index (κ1) is 14.7. The summed E-state index contributed by atoms with van der Waals surface area (Å²) in [5.74, 6) is -0.0193. The number of hydrogen-bond acceptors (Lipinski definition) is 3. The average molecular weight is 250 g/mol. The van der Waals surface area contributed by atoms with Gasteiger partial charge in [0.05, 0.1) is 0 Å². The van der Waals surface area contributed by atoms with Gasteiger partial charge in [-0.3, -0.25) is 4.79 Å². The molecule has 1 amide bonds. The quantitative estimate of drug-likeness (QED) is 0.801. The van der Waals surface area contributed by atoms with Gasteiger partial charge in [0.25, 0.3) is 5.91 Å². The molecule has 0 fully saturated rings. The molecule has 100 valence electrons. The Morgan fingerprint density at radius 1 is 1.33 bits per heavy atom. The number of anilines is 1. The van der Waals surface area contributed by atoms with Crippen LogP contribution >= 0.6 is 0 Å². The number of ether oxygens (including phenoxy) is 1. The van der Waals surface area contributed by atoms with E-state index in [-0.39, 0.29) is 12.5 Å². The molecule has 0 radical (unpaired) electrons. The molecule has 1 aromatic carbocycles. The topological polar surface area (TPSA) is 55.6 Å². The van der Waals surface area contributed by atoms with Gasteiger partial charge in [-0.1, -0.05) is 17.7 Å². The molecule has 0 aromatic heterocycles. The van der Waals surface area contributed by atoms with E-state index in [0.29, 0.717) is 19.7 Å². The van der Waals surface area contributed by atoms with Crippen molar-refractivity contribution in [2.24, 2.45) is 5.73 Å². The van der Waals surface area contributed by atoms with E-state index in [1.807, 2.05) is 38.1 Å². The Bertz CT molecular complexity index is 363. The van der Waals surface area contributed by atoms with Crippen molar-refractivity contribution >= 4 is 11.6 Å². The minimum absolute atomic E-state index is 0.0193. The second-order valence-corrected chi connectivity index (χ2v) is 4.16. The molecule has 0 unspecified atom stereocenters. The van der Waals surface area contributed by atoms with Gasteiger partial charge in [0.15, 0.2) is 0 Å². The standard InChI is InChI=1S/C14H22N2O2/c1-3-18-11-14(17)16(10-4-9-15)13-7-5-12(2)6-8-13/h5-8H,3-4,9-11,15H2,1-2H3. The first-order valence-corrected chi connectivity index (χ1v) is 6.34. The lowest BCUT2D eigenvalue weighted by molar-refractivity contribution is -0.122. The number of hydrogen-bond donors (Lipinski definition) is 1. The Kier molecular flexibility index (Phi) is 6.39. The predicted molar refractivity (Wildman–Crippen MR) is 73.7 cm³/mol. The molecular weight excluding hydrogens is 228 g/mol. The van der Waals surface area contributed by atoms with Crippen molar-refractivity contribution in [2.75, 3.05) is 31.2 Å². The van der Waals surface area contributed by atoms with Crippen LogP contribution in [0.1, 0.15) is 18.9 Å². The second-order valence-electron chi connectivity index (χ2n) is 4.16. The van der Waals surface area contributed by atoms with Crippen LogP contribution in [0.15, 0.2) is 24.3 Å². The molecule has 0 aliphatic rings. The molecule has 0 aliphatic heterocycles. The summed E-state index contributed by atoms with van der Waals surface area (Å²) >= 11 is 0. The van der Waals surface area contributed by atoms with Crippen LogP contribution in [0.3, 0.4) is 0 Å². The van der Waals surface area contributed by atoms with Gasteiger partial charge in [-0.2, -0.15) is 0 Å². The van der Waals surface area contributed by atoms with Gasteiger partial charge in [0, 0.05) is 18.8 Å². The third-order valence-corrected chi connectivity index (χ3v) is 2.66. The third kappa shape index (κ3) is 4.47. The Labute approximate surface area is 109 Å². The molecule has 0 saturated carbocycles. The summed E-state index contributed by atoms with van der Waals surface area (Å²) in [5.41, 5.74) is 7.59. The molecule has 0 spiro atoms. The predicted octanol–water partition coefficient (Wildman–Crippen LogP) is 1.71. The minimum atomic E-state index is -0.0193. The minimum Gasteiger partial charge on any atom is -0.372 e. The fraction of sp³-hybridized carbons (Fsp3) is 0.500. The van der Waals surface area contributed by atoms with Crippen LogP contribution in [-0.4, -0.2) is 32.2 Å². The third-order valence-electron chi connectivity index (χ3n) is 2.66. The van der Waals surface area contributed by atoms with Gasteiger partial charge in [0.1, 0.15) is 6.61 Å². The number of amides is 1. The monoisotopic (exact) mass is 250 g/mol. The van der Waals surface area contributed by atoms with Gasteiger partial charge >= 0.3 is 0 Å². The zero-order chi connectivity index (χ0) is 13.4. The van der Waals surface area contributed by atoms with E-state index in [9.17, 15) is 4.79 Å². The Hall–Kier alpha value is -1.39. The van der Waals surface area contributed by atoms with Gasteiger partial charge in [-0.15, -0.1) is 0 Å². The average Bonchev–Trinajstić information content (AvgIpc) is 2.38. The number of aryl methyl sites for hydroxylation is 1. The van der Waals surface area contributed by atoms with E-state index in [4.69, 9.17) is 10.5 Å². The van der Waals surface area contributed by atoms with Gasteiger partial charge < -0.3 is 15.4 Å². The molecule has 2 N–H and O–H groups in total. The van der Waals surface area contributed by atoms with Gasteiger partial charge in [-0.25, -0.2) is 0 Å². The van der Waals surface area contributed by atoms with Crippen molar-refractivity contribution in [3.05, 3.63) is 29.8 Å². The normalized spacial score (nSPS) is 10.4. The van der Waals surface area contributed by atoms with Crippen molar-refractivity contribution in [3.63, 3.8) is 0 Å². The van der Waals surface area contributed by atoms with Gasteiger partial charge in [0.2, 0.25) is 0 Å². The number of benzene rings is 1. The maximum Gasteiger partial charge on any atom is 0.252 e. The van der Waals surface area contributed by atoms with Gasteiger partial charge in [-0.05, 0) is 38.9 Å².